The van der Waals surface area contributed by atoms with Crippen LogP contribution >= 0.6 is 0 Å². The minimum Gasteiger partial charge on any atom is -0.378 e. The highest BCUT2D eigenvalue weighted by atomic mass is 16.5. The molecule has 1 fully saturated rings. The Labute approximate surface area is 121 Å². The van der Waals surface area contributed by atoms with Gasteiger partial charge in [0.25, 0.3) is 0 Å². The second-order valence-electron chi connectivity index (χ2n) is 5.33. The Morgan fingerprint density at radius 1 is 1.40 bits per heavy atom. The molecule has 2 rings (SSSR count). The molecule has 1 heterocycles. The van der Waals surface area contributed by atoms with Gasteiger partial charge in [-0.05, 0) is 19.4 Å². The molecule has 1 aromatic carbocycles. The molecule has 1 amide bonds. The molecule has 0 spiro atoms. The lowest BCUT2D eigenvalue weighted by atomic mass is 10.1. The van der Waals surface area contributed by atoms with E-state index in [0.29, 0.717) is 26.2 Å². The van der Waals surface area contributed by atoms with Gasteiger partial charge in [0.1, 0.15) is 0 Å². The Morgan fingerprint density at radius 3 is 2.85 bits per heavy atom. The van der Waals surface area contributed by atoms with E-state index in [1.165, 1.54) is 11.1 Å². The molecular formula is C16H24N2O2. The van der Waals surface area contributed by atoms with Crippen LogP contribution in [0.5, 0.6) is 0 Å². The van der Waals surface area contributed by atoms with E-state index in [1.807, 2.05) is 4.90 Å². The van der Waals surface area contributed by atoms with Gasteiger partial charge in [-0.2, -0.15) is 0 Å². The van der Waals surface area contributed by atoms with E-state index < -0.39 is 0 Å². The molecule has 1 aliphatic heterocycles. The first-order valence-corrected chi connectivity index (χ1v) is 7.32. The van der Waals surface area contributed by atoms with Gasteiger partial charge >= 0.3 is 0 Å². The summed E-state index contributed by atoms with van der Waals surface area (Å²) in [6, 6.07) is 8.74. The molecule has 4 heteroatoms. The van der Waals surface area contributed by atoms with E-state index in [0.717, 1.165) is 13.1 Å². The molecule has 4 nitrogen and oxygen atoms in total. The van der Waals surface area contributed by atoms with Gasteiger partial charge in [-0.25, -0.2) is 0 Å². The number of hydrogen-bond donors (Lipinski definition) is 1. The molecule has 0 saturated carbocycles. The van der Waals surface area contributed by atoms with E-state index in [1.54, 1.807) is 0 Å². The highest BCUT2D eigenvalue weighted by molar-refractivity contribution is 5.76. The summed E-state index contributed by atoms with van der Waals surface area (Å²) < 4.78 is 5.25. The molecule has 0 bridgehead atoms. The fourth-order valence-corrected chi connectivity index (χ4v) is 2.42. The number of aryl methyl sites for hydroxylation is 1. The van der Waals surface area contributed by atoms with E-state index in [9.17, 15) is 4.79 Å². The number of amides is 1. The number of carbonyl (C=O) groups excluding carboxylic acids is 1. The molecule has 0 aromatic heterocycles. The number of rotatable bonds is 5. The number of carbonyl (C=O) groups is 1. The molecule has 0 aliphatic carbocycles. The van der Waals surface area contributed by atoms with Crippen molar-refractivity contribution in [2.45, 2.75) is 26.3 Å². The van der Waals surface area contributed by atoms with Crippen molar-refractivity contribution in [3.8, 4) is 0 Å². The van der Waals surface area contributed by atoms with Gasteiger partial charge in [-0.15, -0.1) is 0 Å². The highest BCUT2D eigenvalue weighted by Crippen LogP contribution is 2.13. The van der Waals surface area contributed by atoms with Crippen molar-refractivity contribution in [1.29, 1.82) is 0 Å². The molecule has 1 aromatic rings. The highest BCUT2D eigenvalue weighted by Gasteiger charge is 2.16. The molecule has 20 heavy (non-hydrogen) atoms. The van der Waals surface area contributed by atoms with Gasteiger partial charge in [0.05, 0.1) is 13.2 Å². The summed E-state index contributed by atoms with van der Waals surface area (Å²) in [6.45, 7) is 7.73. The summed E-state index contributed by atoms with van der Waals surface area (Å²) in [6.07, 6.45) is 0.552. The number of nitrogens with one attached hydrogen (secondary N) is 1. The van der Waals surface area contributed by atoms with Crippen molar-refractivity contribution in [2.24, 2.45) is 0 Å². The summed E-state index contributed by atoms with van der Waals surface area (Å²) >= 11 is 0. The standard InChI is InChI=1S/C16H24N2O2/c1-13-4-3-5-15(12-13)14(2)17-7-6-16(19)18-8-10-20-11-9-18/h3-5,12,14,17H,6-11H2,1-2H3. The van der Waals surface area contributed by atoms with Crippen molar-refractivity contribution in [3.05, 3.63) is 35.4 Å². The average molecular weight is 276 g/mol. The van der Waals surface area contributed by atoms with E-state index in [2.05, 4.69) is 43.4 Å². The molecule has 0 radical (unpaired) electrons. The normalized spacial score (nSPS) is 17.0. The molecule has 1 atom stereocenters. The SMILES string of the molecule is Cc1cccc(C(C)NCCC(=O)N2CCOCC2)c1. The molecule has 1 aliphatic rings. The lowest BCUT2D eigenvalue weighted by Crippen LogP contribution is -2.41. The maximum Gasteiger partial charge on any atom is 0.224 e. The minimum atomic E-state index is 0.220. The topological polar surface area (TPSA) is 41.6 Å². The predicted molar refractivity (Wildman–Crippen MR) is 79.6 cm³/mol. The van der Waals surface area contributed by atoms with Gasteiger partial charge in [0.2, 0.25) is 5.91 Å². The van der Waals surface area contributed by atoms with E-state index in [-0.39, 0.29) is 11.9 Å². The van der Waals surface area contributed by atoms with Crippen LogP contribution in [-0.2, 0) is 9.53 Å². The van der Waals surface area contributed by atoms with E-state index >= 15 is 0 Å². The third kappa shape index (κ3) is 4.32. The summed E-state index contributed by atoms with van der Waals surface area (Å²) in [4.78, 5) is 13.9. The quantitative estimate of drug-likeness (QED) is 0.893. The summed E-state index contributed by atoms with van der Waals surface area (Å²) in [5, 5.41) is 3.42. The van der Waals surface area contributed by atoms with Crippen LogP contribution in [0, 0.1) is 6.92 Å². The molecule has 110 valence electrons. The maximum absolute atomic E-state index is 12.0. The Kier molecular flexibility index (Phi) is 5.56. The second kappa shape index (κ2) is 7.41. The van der Waals surface area contributed by atoms with Crippen molar-refractivity contribution < 1.29 is 9.53 Å². The second-order valence-corrected chi connectivity index (χ2v) is 5.33. The zero-order chi connectivity index (χ0) is 14.4. The van der Waals surface area contributed by atoms with Crippen LogP contribution in [0.25, 0.3) is 0 Å². The maximum atomic E-state index is 12.0. The van der Waals surface area contributed by atoms with Crippen LogP contribution in [0.3, 0.4) is 0 Å². The fourth-order valence-electron chi connectivity index (χ4n) is 2.42. The van der Waals surface area contributed by atoms with Crippen molar-refractivity contribution >= 4 is 5.91 Å². The van der Waals surface area contributed by atoms with Gasteiger partial charge in [0.15, 0.2) is 0 Å². The van der Waals surface area contributed by atoms with Crippen LogP contribution in [0.2, 0.25) is 0 Å². The summed E-state index contributed by atoms with van der Waals surface area (Å²) in [5.74, 6) is 0.220. The number of nitrogens with zero attached hydrogens (tertiary/aromatic N) is 1. The van der Waals surface area contributed by atoms with Gasteiger partial charge in [0, 0.05) is 32.1 Å². The lowest BCUT2D eigenvalue weighted by Gasteiger charge is -2.27. The monoisotopic (exact) mass is 276 g/mol. The Balaban J connectivity index is 1.73. The Morgan fingerprint density at radius 2 is 2.15 bits per heavy atom. The first-order valence-electron chi connectivity index (χ1n) is 7.32. The number of morpholine rings is 1. The van der Waals surface area contributed by atoms with Crippen LogP contribution in [0.4, 0.5) is 0 Å². The molecule has 1 saturated heterocycles. The van der Waals surface area contributed by atoms with Gasteiger partial charge < -0.3 is 15.0 Å². The minimum absolute atomic E-state index is 0.220. The number of ether oxygens (including phenoxy) is 1. The summed E-state index contributed by atoms with van der Waals surface area (Å²) in [5.41, 5.74) is 2.53. The molecule has 1 N–H and O–H groups in total. The Hall–Kier alpha value is -1.39. The van der Waals surface area contributed by atoms with Gasteiger partial charge in [-0.3, -0.25) is 4.79 Å². The largest absolute Gasteiger partial charge is 0.378 e. The third-order valence-corrected chi connectivity index (χ3v) is 3.70. The predicted octanol–water partition coefficient (Wildman–Crippen LogP) is 1.89. The lowest BCUT2D eigenvalue weighted by molar-refractivity contribution is -0.135. The summed E-state index contributed by atoms with van der Waals surface area (Å²) in [7, 11) is 0. The van der Waals surface area contributed by atoms with Crippen LogP contribution in [-0.4, -0.2) is 43.7 Å². The van der Waals surface area contributed by atoms with Crippen molar-refractivity contribution in [2.75, 3.05) is 32.8 Å². The zero-order valence-electron chi connectivity index (χ0n) is 12.4. The van der Waals surface area contributed by atoms with Crippen LogP contribution in [0.1, 0.15) is 30.5 Å². The average Bonchev–Trinajstić information content (AvgIpc) is 2.48. The van der Waals surface area contributed by atoms with Crippen LogP contribution in [0.15, 0.2) is 24.3 Å². The van der Waals surface area contributed by atoms with Crippen molar-refractivity contribution in [1.82, 2.24) is 10.2 Å². The van der Waals surface area contributed by atoms with E-state index in [4.69, 9.17) is 4.74 Å². The third-order valence-electron chi connectivity index (χ3n) is 3.70. The number of benzene rings is 1. The van der Waals surface area contributed by atoms with Crippen LogP contribution < -0.4 is 5.32 Å². The fraction of sp³-hybridized carbons (Fsp3) is 0.562. The Bertz CT molecular complexity index is 442. The van der Waals surface area contributed by atoms with Gasteiger partial charge in [-0.1, -0.05) is 29.8 Å². The zero-order valence-corrected chi connectivity index (χ0v) is 12.4. The first kappa shape index (κ1) is 15.0. The first-order chi connectivity index (χ1) is 9.66. The smallest absolute Gasteiger partial charge is 0.224 e. The molecule has 1 unspecified atom stereocenters. The van der Waals surface area contributed by atoms with Crippen molar-refractivity contribution in [3.63, 3.8) is 0 Å². The number of hydrogen-bond acceptors (Lipinski definition) is 3. The molecular weight excluding hydrogens is 252 g/mol.